The Morgan fingerprint density at radius 3 is 2.50 bits per heavy atom. The summed E-state index contributed by atoms with van der Waals surface area (Å²) in [6.07, 6.45) is 4.69. The Balaban J connectivity index is 2.11. The number of aromatic nitrogens is 1. The smallest absolute Gasteiger partial charge is 0.272 e. The largest absolute Gasteiger partial charge is 0.337 e. The molecule has 1 amide bonds. The van der Waals surface area contributed by atoms with Gasteiger partial charge >= 0.3 is 0 Å². The Labute approximate surface area is 104 Å². The Hall–Kier alpha value is -0.900. The van der Waals surface area contributed by atoms with Crippen molar-refractivity contribution in [1.29, 1.82) is 0 Å². The molecule has 0 radical (unpaired) electrons. The predicted octanol–water partition coefficient (Wildman–Crippen LogP) is 2.86. The molecular weight excluding hydrogens is 268 g/mol. The second kappa shape index (κ2) is 5.43. The first-order valence-electron chi connectivity index (χ1n) is 5.69. The highest BCUT2D eigenvalue weighted by Crippen LogP contribution is 2.13. The topological polar surface area (TPSA) is 33.2 Å². The van der Waals surface area contributed by atoms with E-state index in [9.17, 15) is 4.79 Å². The summed E-state index contributed by atoms with van der Waals surface area (Å²) < 4.78 is 0.716. The number of hydrogen-bond donors (Lipinski definition) is 0. The molecule has 1 aliphatic heterocycles. The fourth-order valence-electron chi connectivity index (χ4n) is 1.96. The number of nitrogens with zero attached hydrogens (tertiary/aromatic N) is 2. The summed E-state index contributed by atoms with van der Waals surface area (Å²) in [4.78, 5) is 18.3. The number of halogens is 1. The minimum atomic E-state index is 0.0585. The Bertz CT molecular complexity index is 373. The summed E-state index contributed by atoms with van der Waals surface area (Å²) in [7, 11) is 0. The third kappa shape index (κ3) is 2.82. The molecule has 4 heteroatoms. The number of carbonyl (C=O) groups is 1. The molecule has 0 unspecified atom stereocenters. The van der Waals surface area contributed by atoms with Crippen molar-refractivity contribution >= 4 is 21.8 Å². The maximum atomic E-state index is 12.1. The van der Waals surface area contributed by atoms with Gasteiger partial charge in [0.15, 0.2) is 0 Å². The molecule has 1 aromatic rings. The van der Waals surface area contributed by atoms with Gasteiger partial charge in [-0.2, -0.15) is 0 Å². The van der Waals surface area contributed by atoms with Gasteiger partial charge in [0.1, 0.15) is 10.3 Å². The summed E-state index contributed by atoms with van der Waals surface area (Å²) in [5.41, 5.74) is 0.538. The molecule has 0 aromatic carbocycles. The number of rotatable bonds is 1. The van der Waals surface area contributed by atoms with Crippen LogP contribution in [0.3, 0.4) is 0 Å². The van der Waals surface area contributed by atoms with E-state index in [0.29, 0.717) is 10.3 Å². The van der Waals surface area contributed by atoms with E-state index in [1.807, 2.05) is 17.0 Å². The highest BCUT2D eigenvalue weighted by atomic mass is 79.9. The normalized spacial score (nSPS) is 16.9. The standard InChI is InChI=1S/C12H15BrN2O/c13-11-7-5-6-10(14-11)12(16)15-8-3-1-2-4-9-15/h5-7H,1-4,8-9H2. The number of amides is 1. The van der Waals surface area contributed by atoms with Gasteiger partial charge in [-0.25, -0.2) is 4.98 Å². The molecule has 0 spiro atoms. The van der Waals surface area contributed by atoms with E-state index in [1.54, 1.807) is 6.07 Å². The zero-order chi connectivity index (χ0) is 11.4. The fraction of sp³-hybridized carbons (Fsp3) is 0.500. The van der Waals surface area contributed by atoms with E-state index in [-0.39, 0.29) is 5.91 Å². The van der Waals surface area contributed by atoms with Crippen LogP contribution in [0.4, 0.5) is 0 Å². The third-order valence-electron chi connectivity index (χ3n) is 2.83. The number of hydrogen-bond acceptors (Lipinski definition) is 2. The van der Waals surface area contributed by atoms with E-state index >= 15 is 0 Å². The lowest BCUT2D eigenvalue weighted by Gasteiger charge is -2.19. The van der Waals surface area contributed by atoms with Crippen LogP contribution in [0.5, 0.6) is 0 Å². The van der Waals surface area contributed by atoms with Gasteiger partial charge in [-0.1, -0.05) is 18.9 Å². The Morgan fingerprint density at radius 1 is 1.19 bits per heavy atom. The zero-order valence-electron chi connectivity index (χ0n) is 9.16. The molecule has 3 nitrogen and oxygen atoms in total. The zero-order valence-corrected chi connectivity index (χ0v) is 10.7. The molecule has 2 rings (SSSR count). The number of pyridine rings is 1. The molecule has 86 valence electrons. The van der Waals surface area contributed by atoms with Crippen molar-refractivity contribution in [3.63, 3.8) is 0 Å². The van der Waals surface area contributed by atoms with Gasteiger partial charge in [-0.05, 0) is 40.9 Å². The van der Waals surface area contributed by atoms with Gasteiger partial charge in [0.05, 0.1) is 0 Å². The molecule has 1 aromatic heterocycles. The van der Waals surface area contributed by atoms with Gasteiger partial charge in [0, 0.05) is 13.1 Å². The van der Waals surface area contributed by atoms with Gasteiger partial charge in [0.25, 0.3) is 5.91 Å². The SMILES string of the molecule is O=C(c1cccc(Br)n1)N1CCCCCC1. The van der Waals surface area contributed by atoms with E-state index in [0.717, 1.165) is 25.9 Å². The van der Waals surface area contributed by atoms with Crippen molar-refractivity contribution in [2.75, 3.05) is 13.1 Å². The van der Waals surface area contributed by atoms with Crippen molar-refractivity contribution in [1.82, 2.24) is 9.88 Å². The highest BCUT2D eigenvalue weighted by Gasteiger charge is 2.18. The van der Waals surface area contributed by atoms with Crippen LogP contribution in [-0.4, -0.2) is 28.9 Å². The van der Waals surface area contributed by atoms with E-state index < -0.39 is 0 Å². The maximum Gasteiger partial charge on any atom is 0.272 e. The first-order chi connectivity index (χ1) is 7.77. The van der Waals surface area contributed by atoms with E-state index in [4.69, 9.17) is 0 Å². The molecule has 0 atom stereocenters. The average Bonchev–Trinajstić information content (AvgIpc) is 2.56. The molecule has 0 N–H and O–H groups in total. The lowest BCUT2D eigenvalue weighted by molar-refractivity contribution is 0.0755. The van der Waals surface area contributed by atoms with Gasteiger partial charge in [-0.15, -0.1) is 0 Å². The highest BCUT2D eigenvalue weighted by molar-refractivity contribution is 9.10. The van der Waals surface area contributed by atoms with Crippen molar-refractivity contribution < 1.29 is 4.79 Å². The van der Waals surface area contributed by atoms with Crippen LogP contribution in [0.1, 0.15) is 36.2 Å². The van der Waals surface area contributed by atoms with Crippen molar-refractivity contribution in [3.8, 4) is 0 Å². The molecule has 16 heavy (non-hydrogen) atoms. The number of carbonyl (C=O) groups excluding carboxylic acids is 1. The summed E-state index contributed by atoms with van der Waals surface area (Å²) in [6, 6.07) is 5.46. The van der Waals surface area contributed by atoms with Gasteiger partial charge in [0.2, 0.25) is 0 Å². The molecule has 0 saturated carbocycles. The molecule has 1 aliphatic rings. The number of likely N-dealkylation sites (tertiary alicyclic amines) is 1. The van der Waals surface area contributed by atoms with Crippen molar-refractivity contribution in [3.05, 3.63) is 28.5 Å². The van der Waals surface area contributed by atoms with Crippen LogP contribution in [0, 0.1) is 0 Å². The monoisotopic (exact) mass is 282 g/mol. The van der Waals surface area contributed by atoms with Crippen LogP contribution >= 0.6 is 15.9 Å². The second-order valence-electron chi connectivity index (χ2n) is 4.05. The van der Waals surface area contributed by atoms with Crippen LogP contribution in [0.15, 0.2) is 22.8 Å². The summed E-state index contributed by atoms with van der Waals surface area (Å²) in [6.45, 7) is 1.74. The quantitative estimate of drug-likeness (QED) is 0.742. The predicted molar refractivity (Wildman–Crippen MR) is 66.3 cm³/mol. The van der Waals surface area contributed by atoms with Gasteiger partial charge < -0.3 is 4.90 Å². The van der Waals surface area contributed by atoms with Crippen LogP contribution in [-0.2, 0) is 0 Å². The first-order valence-corrected chi connectivity index (χ1v) is 6.48. The Kier molecular flexibility index (Phi) is 3.93. The first kappa shape index (κ1) is 11.6. The summed E-state index contributed by atoms with van der Waals surface area (Å²) in [5, 5.41) is 0. The molecule has 0 aliphatic carbocycles. The molecule has 0 bridgehead atoms. The minimum absolute atomic E-state index is 0.0585. The minimum Gasteiger partial charge on any atom is -0.337 e. The molecule has 1 saturated heterocycles. The van der Waals surface area contributed by atoms with Crippen LogP contribution in [0.2, 0.25) is 0 Å². The lowest BCUT2D eigenvalue weighted by atomic mass is 10.2. The van der Waals surface area contributed by atoms with Gasteiger partial charge in [-0.3, -0.25) is 4.79 Å². The summed E-state index contributed by atoms with van der Waals surface area (Å²) >= 11 is 3.29. The van der Waals surface area contributed by atoms with Crippen LogP contribution in [0.25, 0.3) is 0 Å². The second-order valence-corrected chi connectivity index (χ2v) is 4.86. The molecule has 2 heterocycles. The van der Waals surface area contributed by atoms with Crippen molar-refractivity contribution in [2.45, 2.75) is 25.7 Å². The summed E-state index contributed by atoms with van der Waals surface area (Å²) in [5.74, 6) is 0.0585. The third-order valence-corrected chi connectivity index (χ3v) is 3.27. The average molecular weight is 283 g/mol. The Morgan fingerprint density at radius 2 is 1.88 bits per heavy atom. The fourth-order valence-corrected chi connectivity index (χ4v) is 2.31. The van der Waals surface area contributed by atoms with Crippen LogP contribution < -0.4 is 0 Å². The lowest BCUT2D eigenvalue weighted by Crippen LogP contribution is -2.32. The van der Waals surface area contributed by atoms with Crippen molar-refractivity contribution in [2.24, 2.45) is 0 Å². The molecule has 1 fully saturated rings. The maximum absolute atomic E-state index is 12.1. The molecular formula is C12H15BrN2O. The van der Waals surface area contributed by atoms with E-state index in [1.165, 1.54) is 12.8 Å². The van der Waals surface area contributed by atoms with E-state index in [2.05, 4.69) is 20.9 Å².